The number of nitrogens with two attached hydrogens (primary N) is 1. The van der Waals surface area contributed by atoms with Crippen molar-refractivity contribution in [2.24, 2.45) is 0 Å². The van der Waals surface area contributed by atoms with E-state index in [4.69, 9.17) is 27.5 Å². The summed E-state index contributed by atoms with van der Waals surface area (Å²) in [6.45, 7) is 6.19. The van der Waals surface area contributed by atoms with E-state index in [2.05, 4.69) is 11.8 Å². The number of ether oxygens (including phenoxy) is 1. The molecular formula is C17H24ClN3O. The van der Waals surface area contributed by atoms with Gasteiger partial charge in [0.25, 0.3) is 0 Å². The van der Waals surface area contributed by atoms with E-state index in [-0.39, 0.29) is 5.54 Å². The van der Waals surface area contributed by atoms with Crippen LogP contribution in [0.4, 0.5) is 5.69 Å². The van der Waals surface area contributed by atoms with Crippen molar-refractivity contribution >= 4 is 23.5 Å². The van der Waals surface area contributed by atoms with Crippen molar-refractivity contribution in [1.82, 2.24) is 4.90 Å². The number of rotatable bonds is 3. The van der Waals surface area contributed by atoms with E-state index in [1.54, 1.807) is 0 Å². The van der Waals surface area contributed by atoms with Crippen LogP contribution in [0.1, 0.15) is 43.2 Å². The van der Waals surface area contributed by atoms with Crippen molar-refractivity contribution in [3.05, 3.63) is 28.3 Å². The third kappa shape index (κ3) is 2.87. The second-order valence-corrected chi connectivity index (χ2v) is 7.12. The van der Waals surface area contributed by atoms with Gasteiger partial charge in [0.2, 0.25) is 0 Å². The smallest absolute Gasteiger partial charge is 0.0648 e. The zero-order chi connectivity index (χ0) is 15.7. The third-order valence-electron chi connectivity index (χ3n) is 5.25. The minimum atomic E-state index is 0.206. The summed E-state index contributed by atoms with van der Waals surface area (Å²) in [5, 5.41) is 8.10. The largest absolute Gasteiger partial charge is 0.398 e. The molecule has 3 rings (SSSR count). The summed E-state index contributed by atoms with van der Waals surface area (Å²) in [6, 6.07) is 3.78. The fraction of sp³-hybridized carbons (Fsp3) is 0.588. The third-order valence-corrected chi connectivity index (χ3v) is 5.58. The molecule has 0 aromatic heterocycles. The summed E-state index contributed by atoms with van der Waals surface area (Å²) < 4.78 is 5.58. The molecule has 1 atom stereocenters. The van der Waals surface area contributed by atoms with Crippen LogP contribution in [0, 0.1) is 5.41 Å². The quantitative estimate of drug-likeness (QED) is 0.663. The summed E-state index contributed by atoms with van der Waals surface area (Å²) in [4.78, 5) is 2.57. The number of nitrogens with one attached hydrogen (secondary N) is 1. The SMILES string of the molecule is CC1(N2CCC(c3cc(N)c(C=N)cc3Cl)CC2)CCOC1. The van der Waals surface area contributed by atoms with Crippen molar-refractivity contribution < 1.29 is 4.74 Å². The van der Waals surface area contributed by atoms with Gasteiger partial charge in [0.05, 0.1) is 6.61 Å². The predicted molar refractivity (Wildman–Crippen MR) is 91.1 cm³/mol. The average Bonchev–Trinajstić information content (AvgIpc) is 2.97. The van der Waals surface area contributed by atoms with E-state index >= 15 is 0 Å². The lowest BCUT2D eigenvalue weighted by Crippen LogP contribution is -2.50. The van der Waals surface area contributed by atoms with Crippen LogP contribution in [0.25, 0.3) is 0 Å². The molecule has 5 heteroatoms. The van der Waals surface area contributed by atoms with Gasteiger partial charge in [-0.2, -0.15) is 0 Å². The first-order valence-corrected chi connectivity index (χ1v) is 8.33. The van der Waals surface area contributed by atoms with E-state index < -0.39 is 0 Å². The fourth-order valence-corrected chi connectivity index (χ4v) is 4.02. The van der Waals surface area contributed by atoms with Crippen molar-refractivity contribution in [3.63, 3.8) is 0 Å². The Kier molecular flexibility index (Phi) is 4.44. The van der Waals surface area contributed by atoms with Crippen molar-refractivity contribution in [3.8, 4) is 0 Å². The van der Waals surface area contributed by atoms with Crippen LogP contribution in [0.5, 0.6) is 0 Å². The van der Waals surface area contributed by atoms with Gasteiger partial charge in [-0.05, 0) is 62.9 Å². The summed E-state index contributed by atoms with van der Waals surface area (Å²) in [7, 11) is 0. The van der Waals surface area contributed by atoms with Gasteiger partial charge in [-0.25, -0.2) is 0 Å². The normalized spacial score (nSPS) is 27.2. The Labute approximate surface area is 137 Å². The Morgan fingerprint density at radius 3 is 2.73 bits per heavy atom. The Morgan fingerprint density at radius 2 is 2.14 bits per heavy atom. The molecule has 0 spiro atoms. The van der Waals surface area contributed by atoms with Crippen molar-refractivity contribution in [1.29, 1.82) is 5.41 Å². The number of likely N-dealkylation sites (tertiary alicyclic amines) is 1. The summed E-state index contributed by atoms with van der Waals surface area (Å²) in [5.74, 6) is 0.455. The molecule has 120 valence electrons. The van der Waals surface area contributed by atoms with Crippen LogP contribution in [-0.4, -0.2) is 43.0 Å². The van der Waals surface area contributed by atoms with Gasteiger partial charge in [0, 0.05) is 34.6 Å². The highest BCUT2D eigenvalue weighted by atomic mass is 35.5. The Bertz CT molecular complexity index is 561. The first kappa shape index (κ1) is 15.8. The molecule has 1 unspecified atom stereocenters. The maximum atomic E-state index is 7.36. The average molecular weight is 322 g/mol. The van der Waals surface area contributed by atoms with Gasteiger partial charge in [0.15, 0.2) is 0 Å². The van der Waals surface area contributed by atoms with Gasteiger partial charge in [0.1, 0.15) is 0 Å². The number of halogens is 1. The molecule has 0 bridgehead atoms. The number of anilines is 1. The molecule has 0 radical (unpaired) electrons. The molecule has 4 nitrogen and oxygen atoms in total. The highest BCUT2D eigenvalue weighted by Gasteiger charge is 2.38. The van der Waals surface area contributed by atoms with Crippen LogP contribution >= 0.6 is 11.6 Å². The molecule has 22 heavy (non-hydrogen) atoms. The molecule has 2 aliphatic rings. The molecule has 2 aliphatic heterocycles. The lowest BCUT2D eigenvalue weighted by molar-refractivity contribution is 0.0582. The minimum Gasteiger partial charge on any atom is -0.398 e. The number of hydrogen-bond acceptors (Lipinski definition) is 4. The standard InChI is InChI=1S/C17H24ClN3O/c1-17(4-7-22-11-17)21-5-2-12(3-6-21)14-9-16(20)13(10-19)8-15(14)18/h8-10,12,19H,2-7,11,20H2,1H3. The lowest BCUT2D eigenvalue weighted by Gasteiger charge is -2.42. The predicted octanol–water partition coefficient (Wildman–Crippen LogP) is 3.28. The number of nitrogen functional groups attached to an aromatic ring is 1. The first-order chi connectivity index (χ1) is 10.5. The lowest BCUT2D eigenvalue weighted by atomic mass is 9.86. The van der Waals surface area contributed by atoms with Gasteiger partial charge in [-0.1, -0.05) is 11.6 Å². The minimum absolute atomic E-state index is 0.206. The Morgan fingerprint density at radius 1 is 1.41 bits per heavy atom. The summed E-state index contributed by atoms with van der Waals surface area (Å²) in [5.41, 5.74) is 8.70. The molecule has 1 aromatic rings. The zero-order valence-electron chi connectivity index (χ0n) is 13.1. The topological polar surface area (TPSA) is 62.3 Å². The van der Waals surface area contributed by atoms with Crippen LogP contribution in [0.2, 0.25) is 5.02 Å². The van der Waals surface area contributed by atoms with Crippen LogP contribution in [0.3, 0.4) is 0 Å². The second-order valence-electron chi connectivity index (χ2n) is 6.71. The number of benzene rings is 1. The zero-order valence-corrected chi connectivity index (χ0v) is 13.8. The summed E-state index contributed by atoms with van der Waals surface area (Å²) in [6.07, 6.45) is 4.57. The van der Waals surface area contributed by atoms with Crippen LogP contribution < -0.4 is 5.73 Å². The first-order valence-electron chi connectivity index (χ1n) is 7.96. The number of hydrogen-bond donors (Lipinski definition) is 2. The van der Waals surface area contributed by atoms with Gasteiger partial charge in [-0.15, -0.1) is 0 Å². The second kappa shape index (κ2) is 6.19. The van der Waals surface area contributed by atoms with Gasteiger partial charge >= 0.3 is 0 Å². The van der Waals surface area contributed by atoms with E-state index in [0.29, 0.717) is 17.2 Å². The Balaban J connectivity index is 1.71. The summed E-state index contributed by atoms with van der Waals surface area (Å²) >= 11 is 6.41. The Hall–Kier alpha value is -1.10. The van der Waals surface area contributed by atoms with E-state index in [0.717, 1.165) is 56.2 Å². The molecule has 3 N–H and O–H groups in total. The molecule has 0 aliphatic carbocycles. The monoisotopic (exact) mass is 321 g/mol. The molecule has 1 aromatic carbocycles. The molecular weight excluding hydrogens is 298 g/mol. The van der Waals surface area contributed by atoms with Crippen LogP contribution in [0.15, 0.2) is 12.1 Å². The molecule has 2 fully saturated rings. The van der Waals surface area contributed by atoms with Crippen LogP contribution in [-0.2, 0) is 4.74 Å². The van der Waals surface area contributed by atoms with E-state index in [1.807, 2.05) is 12.1 Å². The van der Waals surface area contributed by atoms with E-state index in [9.17, 15) is 0 Å². The highest BCUT2D eigenvalue weighted by molar-refractivity contribution is 6.31. The maximum Gasteiger partial charge on any atom is 0.0648 e. The highest BCUT2D eigenvalue weighted by Crippen LogP contribution is 2.38. The van der Waals surface area contributed by atoms with Crippen molar-refractivity contribution in [2.45, 2.75) is 37.6 Å². The molecule has 0 saturated carbocycles. The molecule has 2 heterocycles. The van der Waals surface area contributed by atoms with Gasteiger partial charge < -0.3 is 15.9 Å². The van der Waals surface area contributed by atoms with E-state index in [1.165, 1.54) is 6.21 Å². The molecule has 2 saturated heterocycles. The number of piperidine rings is 1. The molecule has 0 amide bonds. The van der Waals surface area contributed by atoms with Crippen molar-refractivity contribution in [2.75, 3.05) is 32.0 Å². The van der Waals surface area contributed by atoms with Gasteiger partial charge in [-0.3, -0.25) is 4.90 Å². The fourth-order valence-electron chi connectivity index (χ4n) is 3.70. The maximum absolute atomic E-state index is 7.36. The number of nitrogens with zero attached hydrogens (tertiary/aromatic N) is 1.